The maximum atomic E-state index is 11.2. The van der Waals surface area contributed by atoms with Gasteiger partial charge in [-0.2, -0.15) is 0 Å². The second-order valence-electron chi connectivity index (χ2n) is 3.62. The maximum Gasteiger partial charge on any atom is 0.336 e. The molecule has 2 aromatic rings. The molecule has 82 valence electrons. The highest BCUT2D eigenvalue weighted by Gasteiger charge is 2.11. The molecule has 2 rings (SSSR count). The summed E-state index contributed by atoms with van der Waals surface area (Å²) in [6.45, 7) is 0. The van der Waals surface area contributed by atoms with Crippen molar-refractivity contribution in [2.75, 3.05) is 0 Å². The first kappa shape index (κ1) is 11.9. The lowest BCUT2D eigenvalue weighted by atomic mass is 9.92. The van der Waals surface area contributed by atoms with Crippen molar-refractivity contribution in [3.05, 3.63) is 52.5 Å². The molecular formula is C13H8BBrO2. The Morgan fingerprint density at radius 2 is 1.76 bits per heavy atom. The molecule has 2 radical (unpaired) electrons. The summed E-state index contributed by atoms with van der Waals surface area (Å²) < 4.78 is 0.745. The molecule has 0 aliphatic heterocycles. The van der Waals surface area contributed by atoms with Crippen LogP contribution in [0.3, 0.4) is 0 Å². The summed E-state index contributed by atoms with van der Waals surface area (Å²) in [5.41, 5.74) is 2.44. The first-order valence-corrected chi connectivity index (χ1v) is 5.76. The second kappa shape index (κ2) is 4.76. The normalized spacial score (nSPS) is 10.2. The van der Waals surface area contributed by atoms with Crippen molar-refractivity contribution < 1.29 is 9.90 Å². The minimum Gasteiger partial charge on any atom is -0.478 e. The molecule has 2 nitrogen and oxygen atoms in total. The highest BCUT2D eigenvalue weighted by molar-refractivity contribution is 9.10. The van der Waals surface area contributed by atoms with E-state index < -0.39 is 5.97 Å². The molecule has 0 unspecified atom stereocenters. The Morgan fingerprint density at radius 3 is 2.35 bits per heavy atom. The van der Waals surface area contributed by atoms with E-state index in [2.05, 4.69) is 15.9 Å². The van der Waals surface area contributed by atoms with Crippen LogP contribution in [0.1, 0.15) is 10.4 Å². The fourth-order valence-corrected chi connectivity index (χ4v) is 1.97. The van der Waals surface area contributed by atoms with Crippen molar-refractivity contribution >= 4 is 35.2 Å². The first-order valence-electron chi connectivity index (χ1n) is 4.96. The predicted octanol–water partition coefficient (Wildman–Crippen LogP) is 2.61. The minimum atomic E-state index is -0.946. The zero-order valence-electron chi connectivity index (χ0n) is 8.85. The minimum absolute atomic E-state index is 0.268. The van der Waals surface area contributed by atoms with Gasteiger partial charge in [-0.25, -0.2) is 4.79 Å². The lowest BCUT2D eigenvalue weighted by Gasteiger charge is -2.07. The van der Waals surface area contributed by atoms with E-state index in [1.54, 1.807) is 24.3 Å². The van der Waals surface area contributed by atoms with Crippen molar-refractivity contribution in [3.8, 4) is 11.1 Å². The van der Waals surface area contributed by atoms with E-state index >= 15 is 0 Å². The molecule has 0 saturated carbocycles. The number of benzene rings is 2. The zero-order valence-corrected chi connectivity index (χ0v) is 10.4. The van der Waals surface area contributed by atoms with Crippen LogP contribution in [0.15, 0.2) is 46.9 Å². The largest absolute Gasteiger partial charge is 0.478 e. The summed E-state index contributed by atoms with van der Waals surface area (Å²) in [6, 6.07) is 12.3. The van der Waals surface area contributed by atoms with Gasteiger partial charge in [-0.3, -0.25) is 0 Å². The average Bonchev–Trinajstić information content (AvgIpc) is 2.30. The van der Waals surface area contributed by atoms with Gasteiger partial charge in [0.25, 0.3) is 0 Å². The van der Waals surface area contributed by atoms with Crippen LogP contribution in [0.2, 0.25) is 0 Å². The van der Waals surface area contributed by atoms with Crippen molar-refractivity contribution in [2.45, 2.75) is 0 Å². The lowest BCUT2D eigenvalue weighted by molar-refractivity contribution is 0.0697. The third-order valence-corrected chi connectivity index (χ3v) is 2.93. The molecular weight excluding hydrogens is 279 g/mol. The third kappa shape index (κ3) is 2.58. The predicted molar refractivity (Wildman–Crippen MR) is 71.9 cm³/mol. The number of halogens is 1. The van der Waals surface area contributed by atoms with Gasteiger partial charge < -0.3 is 5.11 Å². The van der Waals surface area contributed by atoms with Gasteiger partial charge in [-0.05, 0) is 23.3 Å². The van der Waals surface area contributed by atoms with E-state index in [0.717, 1.165) is 10.0 Å². The van der Waals surface area contributed by atoms with Crippen LogP contribution in [0.4, 0.5) is 0 Å². The standard InChI is InChI=1S/C13H8BBrO2/c14-9-3-1-8(2-4-9)11-6-5-10(15)7-12(11)13(16)17/h1-7H,(H,16,17). The zero-order chi connectivity index (χ0) is 12.4. The van der Waals surface area contributed by atoms with E-state index in [9.17, 15) is 4.79 Å². The molecule has 1 N–H and O–H groups in total. The Kier molecular flexibility index (Phi) is 3.34. The molecule has 0 amide bonds. The SMILES string of the molecule is [B]c1ccc(-c2ccc(Br)cc2C(=O)O)cc1. The number of hydrogen-bond donors (Lipinski definition) is 1. The number of rotatable bonds is 2. The molecule has 0 atom stereocenters. The Labute approximate surface area is 109 Å². The van der Waals surface area contributed by atoms with E-state index in [0.29, 0.717) is 11.0 Å². The van der Waals surface area contributed by atoms with E-state index in [1.807, 2.05) is 18.2 Å². The topological polar surface area (TPSA) is 37.3 Å². The average molecular weight is 287 g/mol. The number of hydrogen-bond acceptors (Lipinski definition) is 1. The van der Waals surface area contributed by atoms with Gasteiger partial charge in [-0.1, -0.05) is 51.7 Å². The number of carboxylic acids is 1. The maximum absolute atomic E-state index is 11.2. The summed E-state index contributed by atoms with van der Waals surface area (Å²) in [6.07, 6.45) is 0. The van der Waals surface area contributed by atoms with Gasteiger partial charge in [0.15, 0.2) is 0 Å². The Morgan fingerprint density at radius 1 is 1.12 bits per heavy atom. The smallest absolute Gasteiger partial charge is 0.336 e. The molecule has 0 spiro atoms. The van der Waals surface area contributed by atoms with Gasteiger partial charge in [0.05, 0.1) is 5.56 Å². The van der Waals surface area contributed by atoms with Gasteiger partial charge in [0.2, 0.25) is 0 Å². The van der Waals surface area contributed by atoms with Gasteiger partial charge in [-0.15, -0.1) is 0 Å². The monoisotopic (exact) mass is 286 g/mol. The molecule has 0 aliphatic rings. The van der Waals surface area contributed by atoms with Crippen LogP contribution in [0.5, 0.6) is 0 Å². The summed E-state index contributed by atoms with van der Waals surface area (Å²) >= 11 is 3.27. The molecule has 0 bridgehead atoms. The number of aromatic carboxylic acids is 1. The summed E-state index contributed by atoms with van der Waals surface area (Å²) in [7, 11) is 5.60. The van der Waals surface area contributed by atoms with Crippen LogP contribution in [-0.2, 0) is 0 Å². The Hall–Kier alpha value is -1.55. The van der Waals surface area contributed by atoms with Crippen molar-refractivity contribution in [1.29, 1.82) is 0 Å². The highest BCUT2D eigenvalue weighted by atomic mass is 79.9. The molecule has 0 fully saturated rings. The molecule has 0 aliphatic carbocycles. The molecule has 4 heteroatoms. The van der Waals surface area contributed by atoms with E-state index in [1.165, 1.54) is 0 Å². The van der Waals surface area contributed by atoms with Crippen LogP contribution < -0.4 is 5.46 Å². The van der Waals surface area contributed by atoms with Crippen molar-refractivity contribution in [2.24, 2.45) is 0 Å². The number of carboxylic acid groups (broad SMARTS) is 1. The van der Waals surface area contributed by atoms with Gasteiger partial charge >= 0.3 is 5.97 Å². The fraction of sp³-hybridized carbons (Fsp3) is 0. The quantitative estimate of drug-likeness (QED) is 0.862. The fourth-order valence-electron chi connectivity index (χ4n) is 1.61. The second-order valence-corrected chi connectivity index (χ2v) is 4.53. The summed E-state index contributed by atoms with van der Waals surface area (Å²) in [5.74, 6) is -0.946. The molecule has 0 saturated heterocycles. The van der Waals surface area contributed by atoms with Crippen LogP contribution in [-0.4, -0.2) is 18.9 Å². The molecule has 0 heterocycles. The molecule has 17 heavy (non-hydrogen) atoms. The number of carbonyl (C=O) groups is 1. The van der Waals surface area contributed by atoms with Crippen LogP contribution >= 0.6 is 15.9 Å². The lowest BCUT2D eigenvalue weighted by Crippen LogP contribution is -2.02. The molecule has 0 aromatic heterocycles. The van der Waals surface area contributed by atoms with Gasteiger partial charge in [0, 0.05) is 4.47 Å². The van der Waals surface area contributed by atoms with E-state index in [-0.39, 0.29) is 5.56 Å². The van der Waals surface area contributed by atoms with Crippen molar-refractivity contribution in [3.63, 3.8) is 0 Å². The van der Waals surface area contributed by atoms with Crippen LogP contribution in [0, 0.1) is 0 Å². The van der Waals surface area contributed by atoms with Crippen molar-refractivity contribution in [1.82, 2.24) is 0 Å². The van der Waals surface area contributed by atoms with E-state index in [4.69, 9.17) is 13.0 Å². The van der Waals surface area contributed by atoms with Gasteiger partial charge in [0.1, 0.15) is 7.85 Å². The summed E-state index contributed by atoms with van der Waals surface area (Å²) in [5, 5.41) is 9.16. The van der Waals surface area contributed by atoms with Crippen LogP contribution in [0.25, 0.3) is 11.1 Å². The first-order chi connectivity index (χ1) is 8.08. The Balaban J connectivity index is 2.58. The molecule has 2 aromatic carbocycles. The highest BCUT2D eigenvalue weighted by Crippen LogP contribution is 2.26. The Bertz CT molecular complexity index is 564. The third-order valence-electron chi connectivity index (χ3n) is 2.43. The summed E-state index contributed by atoms with van der Waals surface area (Å²) in [4.78, 5) is 11.2.